The van der Waals surface area contributed by atoms with Crippen molar-refractivity contribution in [2.75, 3.05) is 18.6 Å². The van der Waals surface area contributed by atoms with E-state index in [0.717, 1.165) is 37.9 Å². The lowest BCUT2D eigenvalue weighted by molar-refractivity contribution is -0.169. The quantitative estimate of drug-likeness (QED) is 0.616. The molecule has 0 N–H and O–H groups in total. The lowest BCUT2D eigenvalue weighted by atomic mass is 9.55. The molecule has 0 aromatic heterocycles. The second-order valence-corrected chi connectivity index (χ2v) is 7.56. The summed E-state index contributed by atoms with van der Waals surface area (Å²) in [5, 5.41) is 0. The van der Waals surface area contributed by atoms with E-state index < -0.39 is 22.7 Å². The standard InChI is InChI=1S/C19H21NO4/c1-23-16(22)18-12-13-6-5-9-17(15(18)21)10-11-20(19(13,17)24-18)14-7-3-2-4-8-14/h2-4,7-8,13H,5-6,9-12H2,1H3/t13-,17-,18-,19+/m1/s1. The number of nitrogens with zero attached hydrogens (tertiary/aromatic N) is 1. The van der Waals surface area contributed by atoms with Gasteiger partial charge in [0.2, 0.25) is 5.60 Å². The van der Waals surface area contributed by atoms with Crippen LogP contribution < -0.4 is 4.90 Å². The molecule has 5 heteroatoms. The Balaban J connectivity index is 1.70. The molecule has 5 rings (SSSR count). The highest BCUT2D eigenvalue weighted by Gasteiger charge is 2.85. The van der Waals surface area contributed by atoms with Gasteiger partial charge >= 0.3 is 5.97 Å². The van der Waals surface area contributed by atoms with E-state index in [1.54, 1.807) is 0 Å². The van der Waals surface area contributed by atoms with Gasteiger partial charge in [-0.15, -0.1) is 0 Å². The summed E-state index contributed by atoms with van der Waals surface area (Å²) in [7, 11) is 1.34. The van der Waals surface area contributed by atoms with E-state index in [0.29, 0.717) is 6.42 Å². The predicted octanol–water partition coefficient (Wildman–Crippen LogP) is 2.29. The van der Waals surface area contributed by atoms with E-state index in [2.05, 4.69) is 17.0 Å². The molecule has 0 amide bonds. The van der Waals surface area contributed by atoms with Crippen LogP contribution in [-0.4, -0.2) is 36.7 Å². The van der Waals surface area contributed by atoms with E-state index in [1.807, 2.05) is 18.2 Å². The van der Waals surface area contributed by atoms with Crippen molar-refractivity contribution in [3.8, 4) is 0 Å². The second-order valence-electron chi connectivity index (χ2n) is 7.56. The Hall–Kier alpha value is -1.88. The number of methoxy groups -OCH3 is 1. The van der Waals surface area contributed by atoms with Crippen molar-refractivity contribution in [1.82, 2.24) is 0 Å². The molecule has 4 aliphatic rings. The van der Waals surface area contributed by atoms with Crippen LogP contribution in [-0.2, 0) is 19.1 Å². The zero-order valence-corrected chi connectivity index (χ0v) is 13.8. The first-order valence-electron chi connectivity index (χ1n) is 8.77. The van der Waals surface area contributed by atoms with Crippen molar-refractivity contribution in [3.63, 3.8) is 0 Å². The van der Waals surface area contributed by atoms with Gasteiger partial charge in [0.15, 0.2) is 11.5 Å². The molecule has 1 saturated carbocycles. The number of carbonyl (C=O) groups excluding carboxylic acids is 2. The molecule has 0 radical (unpaired) electrons. The molecule has 4 fully saturated rings. The van der Waals surface area contributed by atoms with Gasteiger partial charge in [-0.05, 0) is 31.4 Å². The number of hydrogen-bond donors (Lipinski definition) is 0. The molecule has 1 aromatic rings. The molecule has 4 atom stereocenters. The highest BCUT2D eigenvalue weighted by atomic mass is 16.6. The molecule has 3 heterocycles. The minimum absolute atomic E-state index is 0.0313. The lowest BCUT2D eigenvalue weighted by Crippen LogP contribution is -2.62. The summed E-state index contributed by atoms with van der Waals surface area (Å²) < 4.78 is 11.5. The summed E-state index contributed by atoms with van der Waals surface area (Å²) in [6.45, 7) is 0.795. The molecule has 3 aliphatic heterocycles. The first-order valence-corrected chi connectivity index (χ1v) is 8.77. The van der Waals surface area contributed by atoms with Gasteiger partial charge in [0.05, 0.1) is 12.5 Å². The SMILES string of the molecule is COC(=O)[C@]12C[C@H]3CCC[C@@]4(CCN(c5ccccc5)[C@]34O1)C2=O. The molecule has 1 aromatic carbocycles. The maximum absolute atomic E-state index is 13.4. The van der Waals surface area contributed by atoms with Crippen molar-refractivity contribution < 1.29 is 19.1 Å². The third-order valence-corrected chi connectivity index (χ3v) is 6.81. The molecule has 24 heavy (non-hydrogen) atoms. The Morgan fingerprint density at radius 2 is 2.08 bits per heavy atom. The number of Topliss-reactive ketones (excluding diaryl/α,β-unsaturated/α-hetero) is 1. The average Bonchev–Trinajstić information content (AvgIpc) is 3.22. The Morgan fingerprint density at radius 3 is 2.83 bits per heavy atom. The van der Waals surface area contributed by atoms with E-state index in [9.17, 15) is 9.59 Å². The van der Waals surface area contributed by atoms with E-state index in [4.69, 9.17) is 9.47 Å². The third kappa shape index (κ3) is 1.30. The minimum atomic E-state index is -1.38. The van der Waals surface area contributed by atoms with Gasteiger partial charge in [-0.1, -0.05) is 24.6 Å². The number of para-hydroxylation sites is 1. The van der Waals surface area contributed by atoms with Gasteiger partial charge in [-0.3, -0.25) is 4.79 Å². The number of fused-ring (bicyclic) bond motifs is 1. The van der Waals surface area contributed by atoms with E-state index >= 15 is 0 Å². The van der Waals surface area contributed by atoms with E-state index in [1.165, 1.54) is 7.11 Å². The smallest absolute Gasteiger partial charge is 0.346 e. The van der Waals surface area contributed by atoms with Gasteiger partial charge in [0.25, 0.3) is 0 Å². The Labute approximate surface area is 140 Å². The van der Waals surface area contributed by atoms with Crippen LogP contribution >= 0.6 is 0 Å². The monoisotopic (exact) mass is 327 g/mol. The average molecular weight is 327 g/mol. The summed E-state index contributed by atoms with van der Waals surface area (Å²) in [6.07, 6.45) is 4.06. The number of ketones is 1. The fraction of sp³-hybridized carbons (Fsp3) is 0.579. The van der Waals surface area contributed by atoms with Crippen LogP contribution in [0.4, 0.5) is 5.69 Å². The number of rotatable bonds is 2. The van der Waals surface area contributed by atoms with Crippen molar-refractivity contribution in [2.24, 2.45) is 11.3 Å². The second kappa shape index (κ2) is 4.39. The molecule has 2 bridgehead atoms. The number of hydrogen-bond acceptors (Lipinski definition) is 5. The number of carbonyl (C=O) groups is 2. The van der Waals surface area contributed by atoms with Gasteiger partial charge in [-0.2, -0.15) is 0 Å². The molecule has 1 spiro atoms. The summed E-state index contributed by atoms with van der Waals surface area (Å²) in [5.74, 6) is -0.347. The minimum Gasteiger partial charge on any atom is -0.467 e. The maximum atomic E-state index is 13.4. The fourth-order valence-corrected chi connectivity index (χ4v) is 6.02. The predicted molar refractivity (Wildman–Crippen MR) is 86.4 cm³/mol. The number of benzene rings is 1. The molecule has 3 saturated heterocycles. The topological polar surface area (TPSA) is 55.8 Å². The highest BCUT2D eigenvalue weighted by molar-refractivity contribution is 6.14. The molecule has 126 valence electrons. The van der Waals surface area contributed by atoms with Crippen LogP contribution in [0, 0.1) is 11.3 Å². The normalized spacial score (nSPS) is 42.3. The van der Waals surface area contributed by atoms with Crippen molar-refractivity contribution in [3.05, 3.63) is 30.3 Å². The Bertz CT molecular complexity index is 734. The van der Waals surface area contributed by atoms with Crippen LogP contribution in [0.3, 0.4) is 0 Å². The van der Waals surface area contributed by atoms with Gasteiger partial charge in [0.1, 0.15) is 0 Å². The van der Waals surface area contributed by atoms with Crippen LogP contribution in [0.25, 0.3) is 0 Å². The van der Waals surface area contributed by atoms with Gasteiger partial charge in [0, 0.05) is 24.6 Å². The molecular formula is C19H21NO4. The number of anilines is 1. The van der Waals surface area contributed by atoms with Crippen LogP contribution in [0.2, 0.25) is 0 Å². The van der Waals surface area contributed by atoms with Crippen molar-refractivity contribution in [2.45, 2.75) is 43.4 Å². The first kappa shape index (κ1) is 14.5. The summed E-state index contributed by atoms with van der Waals surface area (Å²) >= 11 is 0. The van der Waals surface area contributed by atoms with Gasteiger partial charge in [-0.25, -0.2) is 4.79 Å². The third-order valence-electron chi connectivity index (χ3n) is 6.81. The molecule has 5 nitrogen and oxygen atoms in total. The number of esters is 1. The Morgan fingerprint density at radius 1 is 1.29 bits per heavy atom. The van der Waals surface area contributed by atoms with Crippen LogP contribution in [0.1, 0.15) is 32.1 Å². The van der Waals surface area contributed by atoms with Crippen LogP contribution in [0.15, 0.2) is 30.3 Å². The summed E-state index contributed by atoms with van der Waals surface area (Å²) in [5.41, 5.74) is -1.54. The van der Waals surface area contributed by atoms with E-state index in [-0.39, 0.29) is 11.7 Å². The zero-order valence-electron chi connectivity index (χ0n) is 13.8. The van der Waals surface area contributed by atoms with Crippen LogP contribution in [0.5, 0.6) is 0 Å². The van der Waals surface area contributed by atoms with Gasteiger partial charge < -0.3 is 14.4 Å². The molecule has 1 aliphatic carbocycles. The number of ether oxygens (including phenoxy) is 2. The molecule has 0 unspecified atom stereocenters. The summed E-state index contributed by atoms with van der Waals surface area (Å²) in [4.78, 5) is 28.2. The largest absolute Gasteiger partial charge is 0.467 e. The lowest BCUT2D eigenvalue weighted by Gasteiger charge is -2.50. The van der Waals surface area contributed by atoms with Crippen molar-refractivity contribution >= 4 is 17.4 Å². The zero-order chi connectivity index (χ0) is 16.6. The molecular weight excluding hydrogens is 306 g/mol. The summed E-state index contributed by atoms with van der Waals surface area (Å²) in [6, 6.07) is 10.1. The fourth-order valence-electron chi connectivity index (χ4n) is 6.02. The highest BCUT2D eigenvalue weighted by Crippen LogP contribution is 2.71. The first-order chi connectivity index (χ1) is 11.6. The Kier molecular flexibility index (Phi) is 2.65. The maximum Gasteiger partial charge on any atom is 0.346 e. The van der Waals surface area contributed by atoms with Crippen molar-refractivity contribution in [1.29, 1.82) is 0 Å².